The van der Waals surface area contributed by atoms with Crippen LogP contribution in [0.1, 0.15) is 34.3 Å². The molecule has 1 rings (SSSR count). The summed E-state index contributed by atoms with van der Waals surface area (Å²) in [6.07, 6.45) is 1.64. The third kappa shape index (κ3) is 2.20. The van der Waals surface area contributed by atoms with Crippen molar-refractivity contribution >= 4 is 24.2 Å². The standard InChI is InChI=1S/C11H11ClO2/c1-8(6-13)9-2-3-10(7-14)11(4-9)5-12/h2-4,6-8H,5H2,1H3. The van der Waals surface area contributed by atoms with Gasteiger partial charge in [0.2, 0.25) is 0 Å². The van der Waals surface area contributed by atoms with E-state index in [-0.39, 0.29) is 11.8 Å². The van der Waals surface area contributed by atoms with Crippen LogP contribution in [0.5, 0.6) is 0 Å². The zero-order valence-corrected chi connectivity index (χ0v) is 8.62. The number of carbonyl (C=O) groups excluding carboxylic acids is 2. The van der Waals surface area contributed by atoms with Crippen LogP contribution >= 0.6 is 11.6 Å². The Balaban J connectivity index is 3.13. The first kappa shape index (κ1) is 10.9. The molecule has 3 heteroatoms. The fourth-order valence-electron chi connectivity index (χ4n) is 1.22. The third-order valence-corrected chi connectivity index (χ3v) is 2.46. The molecule has 2 nitrogen and oxygen atoms in total. The maximum absolute atomic E-state index is 10.6. The van der Waals surface area contributed by atoms with E-state index in [1.807, 2.05) is 0 Å². The molecule has 0 N–H and O–H groups in total. The molecule has 0 fully saturated rings. The molecule has 0 heterocycles. The Bertz CT molecular complexity index is 347. The molecule has 0 saturated carbocycles. The van der Waals surface area contributed by atoms with Crippen molar-refractivity contribution in [3.63, 3.8) is 0 Å². The zero-order valence-electron chi connectivity index (χ0n) is 7.87. The molecule has 0 amide bonds. The molecule has 0 aliphatic carbocycles. The van der Waals surface area contributed by atoms with Gasteiger partial charge in [-0.3, -0.25) is 4.79 Å². The second kappa shape index (κ2) is 4.91. The number of hydrogen-bond acceptors (Lipinski definition) is 2. The highest BCUT2D eigenvalue weighted by Gasteiger charge is 2.07. The summed E-state index contributed by atoms with van der Waals surface area (Å²) < 4.78 is 0. The maximum Gasteiger partial charge on any atom is 0.150 e. The van der Waals surface area contributed by atoms with Gasteiger partial charge >= 0.3 is 0 Å². The molecule has 1 unspecified atom stereocenters. The van der Waals surface area contributed by atoms with Crippen LogP contribution in [0.15, 0.2) is 18.2 Å². The number of hydrogen-bond donors (Lipinski definition) is 0. The summed E-state index contributed by atoms with van der Waals surface area (Å²) in [6, 6.07) is 5.27. The Morgan fingerprint density at radius 1 is 1.43 bits per heavy atom. The van der Waals surface area contributed by atoms with Gasteiger partial charge in [0.1, 0.15) is 12.6 Å². The molecule has 0 aliphatic rings. The Morgan fingerprint density at radius 3 is 2.64 bits per heavy atom. The number of aldehydes is 2. The molecule has 0 radical (unpaired) electrons. The lowest BCUT2D eigenvalue weighted by Crippen LogP contribution is -1.98. The smallest absolute Gasteiger partial charge is 0.150 e. The van der Waals surface area contributed by atoms with Gasteiger partial charge in [-0.05, 0) is 11.1 Å². The quantitative estimate of drug-likeness (QED) is 0.565. The number of halogens is 1. The highest BCUT2D eigenvalue weighted by Crippen LogP contribution is 2.18. The van der Waals surface area contributed by atoms with Crippen molar-refractivity contribution in [3.8, 4) is 0 Å². The van der Waals surface area contributed by atoms with Crippen LogP contribution in [0.3, 0.4) is 0 Å². The van der Waals surface area contributed by atoms with Gasteiger partial charge in [0.05, 0.1) is 0 Å². The van der Waals surface area contributed by atoms with E-state index in [0.717, 1.165) is 23.7 Å². The molecule has 14 heavy (non-hydrogen) atoms. The topological polar surface area (TPSA) is 34.1 Å². The first-order chi connectivity index (χ1) is 6.72. The van der Waals surface area contributed by atoms with Crippen molar-refractivity contribution in [2.45, 2.75) is 18.7 Å². The highest BCUT2D eigenvalue weighted by atomic mass is 35.5. The maximum atomic E-state index is 10.6. The van der Waals surface area contributed by atoms with E-state index in [4.69, 9.17) is 11.6 Å². The molecule has 0 bridgehead atoms. The van der Waals surface area contributed by atoms with E-state index in [1.165, 1.54) is 0 Å². The average molecular weight is 211 g/mol. The first-order valence-electron chi connectivity index (χ1n) is 4.32. The van der Waals surface area contributed by atoms with E-state index in [1.54, 1.807) is 25.1 Å². The molecule has 0 aliphatic heterocycles. The van der Waals surface area contributed by atoms with Crippen molar-refractivity contribution in [2.75, 3.05) is 0 Å². The zero-order chi connectivity index (χ0) is 10.6. The largest absolute Gasteiger partial charge is 0.303 e. The van der Waals surface area contributed by atoms with Crippen molar-refractivity contribution in [1.82, 2.24) is 0 Å². The lowest BCUT2D eigenvalue weighted by atomic mass is 9.98. The second-order valence-electron chi connectivity index (χ2n) is 3.13. The molecular formula is C11H11ClO2. The van der Waals surface area contributed by atoms with E-state index in [0.29, 0.717) is 5.56 Å². The van der Waals surface area contributed by atoms with Gasteiger partial charge in [-0.25, -0.2) is 0 Å². The SMILES string of the molecule is CC(C=O)c1ccc(C=O)c(CCl)c1. The monoisotopic (exact) mass is 210 g/mol. The van der Waals surface area contributed by atoms with Gasteiger partial charge in [-0.1, -0.05) is 25.1 Å². The Labute approximate surface area is 87.9 Å². The summed E-state index contributed by atoms with van der Waals surface area (Å²) in [6.45, 7) is 1.81. The molecule has 1 aromatic carbocycles. The molecule has 1 atom stereocenters. The third-order valence-electron chi connectivity index (χ3n) is 2.17. The van der Waals surface area contributed by atoms with Crippen LogP contribution in [0.4, 0.5) is 0 Å². The van der Waals surface area contributed by atoms with E-state index >= 15 is 0 Å². The van der Waals surface area contributed by atoms with Gasteiger partial charge in [0, 0.05) is 17.4 Å². The van der Waals surface area contributed by atoms with E-state index in [9.17, 15) is 9.59 Å². The van der Waals surface area contributed by atoms with Gasteiger partial charge in [-0.2, -0.15) is 0 Å². The minimum atomic E-state index is -0.155. The van der Waals surface area contributed by atoms with Crippen molar-refractivity contribution in [1.29, 1.82) is 0 Å². The summed E-state index contributed by atoms with van der Waals surface area (Å²) in [5.74, 6) is 0.130. The average Bonchev–Trinajstić information content (AvgIpc) is 2.26. The Morgan fingerprint density at radius 2 is 2.14 bits per heavy atom. The van der Waals surface area contributed by atoms with E-state index in [2.05, 4.69) is 0 Å². The van der Waals surface area contributed by atoms with Crippen molar-refractivity contribution in [3.05, 3.63) is 34.9 Å². The number of carbonyl (C=O) groups is 2. The van der Waals surface area contributed by atoms with Crippen LogP contribution in [-0.4, -0.2) is 12.6 Å². The fourth-order valence-corrected chi connectivity index (χ4v) is 1.45. The minimum absolute atomic E-state index is 0.155. The minimum Gasteiger partial charge on any atom is -0.303 e. The van der Waals surface area contributed by atoms with Crippen molar-refractivity contribution < 1.29 is 9.59 Å². The van der Waals surface area contributed by atoms with Gasteiger partial charge in [0.15, 0.2) is 0 Å². The number of rotatable bonds is 4. The van der Waals surface area contributed by atoms with Crippen LogP contribution in [0.2, 0.25) is 0 Å². The molecule has 74 valence electrons. The van der Waals surface area contributed by atoms with E-state index < -0.39 is 0 Å². The molecule has 0 saturated heterocycles. The molecule has 0 aromatic heterocycles. The van der Waals surface area contributed by atoms with Crippen LogP contribution in [0, 0.1) is 0 Å². The number of benzene rings is 1. The fraction of sp³-hybridized carbons (Fsp3) is 0.273. The van der Waals surface area contributed by atoms with Crippen LogP contribution in [0.25, 0.3) is 0 Å². The van der Waals surface area contributed by atoms with Crippen molar-refractivity contribution in [2.24, 2.45) is 0 Å². The lowest BCUT2D eigenvalue weighted by molar-refractivity contribution is -0.108. The predicted molar refractivity (Wildman–Crippen MR) is 55.9 cm³/mol. The molecular weight excluding hydrogens is 200 g/mol. The summed E-state index contributed by atoms with van der Waals surface area (Å²) in [5, 5.41) is 0. The summed E-state index contributed by atoms with van der Waals surface area (Å²) in [5.41, 5.74) is 2.25. The summed E-state index contributed by atoms with van der Waals surface area (Å²) >= 11 is 5.68. The van der Waals surface area contributed by atoms with Crippen LogP contribution in [-0.2, 0) is 10.7 Å². The highest BCUT2D eigenvalue weighted by molar-refractivity contribution is 6.17. The first-order valence-corrected chi connectivity index (χ1v) is 4.85. The van der Waals surface area contributed by atoms with Gasteiger partial charge < -0.3 is 4.79 Å². The van der Waals surface area contributed by atoms with Gasteiger partial charge in [-0.15, -0.1) is 11.6 Å². The van der Waals surface area contributed by atoms with Crippen LogP contribution < -0.4 is 0 Å². The second-order valence-corrected chi connectivity index (χ2v) is 3.40. The Kier molecular flexibility index (Phi) is 3.84. The lowest BCUT2D eigenvalue weighted by Gasteiger charge is -2.07. The molecule has 0 spiro atoms. The molecule has 1 aromatic rings. The summed E-state index contributed by atoms with van der Waals surface area (Å²) in [4.78, 5) is 21.2. The number of alkyl halides is 1. The Hall–Kier alpha value is -1.15. The predicted octanol–water partition coefficient (Wildman–Crippen LogP) is 2.54. The summed E-state index contributed by atoms with van der Waals surface area (Å²) in [7, 11) is 0. The van der Waals surface area contributed by atoms with Gasteiger partial charge in [0.25, 0.3) is 0 Å². The normalized spacial score (nSPS) is 12.1.